The van der Waals surface area contributed by atoms with Crippen molar-refractivity contribution in [2.24, 2.45) is 0 Å². The number of rotatable bonds is 11. The number of aliphatic hydroxyl groups is 1. The van der Waals surface area contributed by atoms with Crippen LogP contribution in [-0.2, 0) is 19.4 Å². The number of aryl methyl sites for hydroxylation is 1. The topological polar surface area (TPSA) is 78.4 Å². The second-order valence-electron chi connectivity index (χ2n) is 8.57. The number of aliphatic hydroxyl groups excluding tert-OH is 1. The van der Waals surface area contributed by atoms with Crippen LogP contribution in [0.4, 0.5) is 8.78 Å². The quantitative estimate of drug-likeness (QED) is 0.359. The van der Waals surface area contributed by atoms with Gasteiger partial charge >= 0.3 is 0 Å². The Bertz CT molecular complexity index is 1140. The van der Waals surface area contributed by atoms with E-state index in [-0.39, 0.29) is 18.7 Å². The van der Waals surface area contributed by atoms with Crippen molar-refractivity contribution >= 4 is 11.7 Å². The van der Waals surface area contributed by atoms with E-state index in [4.69, 9.17) is 0 Å². The van der Waals surface area contributed by atoms with Gasteiger partial charge in [0, 0.05) is 30.3 Å². The summed E-state index contributed by atoms with van der Waals surface area (Å²) >= 11 is 0. The SMILES string of the molecule is CCc1cccc(CNC[C@H](O)[C@H](Cc2cc(F)cc(F)c2)NC(=O)c2ccc(C(C)=O)cc2)c1. The Morgan fingerprint density at radius 2 is 1.51 bits per heavy atom. The number of amides is 1. The first-order valence-corrected chi connectivity index (χ1v) is 11.6. The summed E-state index contributed by atoms with van der Waals surface area (Å²) in [7, 11) is 0. The van der Waals surface area contributed by atoms with Gasteiger partial charge in [-0.25, -0.2) is 8.78 Å². The van der Waals surface area contributed by atoms with E-state index in [1.54, 1.807) is 12.1 Å². The predicted molar refractivity (Wildman–Crippen MR) is 131 cm³/mol. The Kier molecular flexibility index (Phi) is 9.23. The molecule has 0 bridgehead atoms. The van der Waals surface area contributed by atoms with Gasteiger partial charge in [0.2, 0.25) is 0 Å². The van der Waals surface area contributed by atoms with Crippen LogP contribution in [0, 0.1) is 11.6 Å². The van der Waals surface area contributed by atoms with Crippen molar-refractivity contribution in [3.05, 3.63) is 106 Å². The van der Waals surface area contributed by atoms with E-state index in [1.807, 2.05) is 18.2 Å². The third-order valence-electron chi connectivity index (χ3n) is 5.79. The van der Waals surface area contributed by atoms with Crippen molar-refractivity contribution in [3.8, 4) is 0 Å². The molecule has 5 nitrogen and oxygen atoms in total. The van der Waals surface area contributed by atoms with Gasteiger partial charge in [-0.05, 0) is 60.7 Å². The van der Waals surface area contributed by atoms with Crippen LogP contribution in [0.15, 0.2) is 66.7 Å². The van der Waals surface area contributed by atoms with Gasteiger partial charge in [-0.3, -0.25) is 9.59 Å². The molecule has 0 radical (unpaired) electrons. The van der Waals surface area contributed by atoms with Crippen LogP contribution in [0.2, 0.25) is 0 Å². The molecule has 35 heavy (non-hydrogen) atoms. The normalized spacial score (nSPS) is 12.7. The van der Waals surface area contributed by atoms with E-state index in [0.717, 1.165) is 18.1 Å². The summed E-state index contributed by atoms with van der Waals surface area (Å²) < 4.78 is 27.5. The maximum Gasteiger partial charge on any atom is 0.251 e. The van der Waals surface area contributed by atoms with Crippen LogP contribution in [0.1, 0.15) is 51.3 Å². The Labute approximate surface area is 204 Å². The van der Waals surface area contributed by atoms with Gasteiger partial charge in [-0.2, -0.15) is 0 Å². The zero-order valence-corrected chi connectivity index (χ0v) is 19.9. The third-order valence-corrected chi connectivity index (χ3v) is 5.79. The summed E-state index contributed by atoms with van der Waals surface area (Å²) in [5.41, 5.74) is 3.37. The monoisotopic (exact) mass is 480 g/mol. The lowest BCUT2D eigenvalue weighted by Crippen LogP contribution is -2.48. The lowest BCUT2D eigenvalue weighted by atomic mass is 9.99. The molecular weight excluding hydrogens is 450 g/mol. The van der Waals surface area contributed by atoms with Crippen LogP contribution in [0.5, 0.6) is 0 Å². The predicted octanol–water partition coefficient (Wildman–Crippen LogP) is 4.22. The molecule has 3 aromatic rings. The molecule has 0 aliphatic heterocycles. The number of hydrogen-bond acceptors (Lipinski definition) is 4. The minimum Gasteiger partial charge on any atom is -0.390 e. The molecule has 0 unspecified atom stereocenters. The highest BCUT2D eigenvalue weighted by Crippen LogP contribution is 2.13. The van der Waals surface area contributed by atoms with Crippen molar-refractivity contribution in [3.63, 3.8) is 0 Å². The average molecular weight is 481 g/mol. The fourth-order valence-corrected chi connectivity index (χ4v) is 3.84. The molecule has 184 valence electrons. The number of halogens is 2. The molecule has 0 fully saturated rings. The van der Waals surface area contributed by atoms with E-state index < -0.39 is 29.7 Å². The molecule has 7 heteroatoms. The smallest absolute Gasteiger partial charge is 0.251 e. The Morgan fingerprint density at radius 1 is 0.886 bits per heavy atom. The van der Waals surface area contributed by atoms with Crippen molar-refractivity contribution in [2.45, 2.75) is 45.4 Å². The van der Waals surface area contributed by atoms with E-state index in [9.17, 15) is 23.5 Å². The summed E-state index contributed by atoms with van der Waals surface area (Å²) in [5.74, 6) is -2.03. The first-order valence-electron chi connectivity index (χ1n) is 11.6. The molecule has 1 amide bonds. The number of benzene rings is 3. The van der Waals surface area contributed by atoms with Crippen molar-refractivity contribution < 1.29 is 23.5 Å². The largest absolute Gasteiger partial charge is 0.390 e. The molecule has 0 saturated heterocycles. The molecule has 3 aromatic carbocycles. The van der Waals surface area contributed by atoms with E-state index in [2.05, 4.69) is 23.6 Å². The zero-order chi connectivity index (χ0) is 25.4. The van der Waals surface area contributed by atoms with E-state index in [1.165, 1.54) is 36.8 Å². The van der Waals surface area contributed by atoms with Crippen LogP contribution in [-0.4, -0.2) is 35.5 Å². The summed E-state index contributed by atoms with van der Waals surface area (Å²) in [6.45, 7) is 4.19. The number of nitrogens with one attached hydrogen (secondary N) is 2. The molecule has 0 spiro atoms. The first-order chi connectivity index (χ1) is 16.7. The summed E-state index contributed by atoms with van der Waals surface area (Å²) in [6.07, 6.45) is -0.0847. The van der Waals surface area contributed by atoms with Crippen molar-refractivity contribution in [1.29, 1.82) is 0 Å². The molecule has 3 rings (SSSR count). The van der Waals surface area contributed by atoms with Crippen LogP contribution in [0.3, 0.4) is 0 Å². The van der Waals surface area contributed by atoms with Crippen LogP contribution in [0.25, 0.3) is 0 Å². The maximum atomic E-state index is 13.7. The Hall–Kier alpha value is -3.42. The van der Waals surface area contributed by atoms with Gasteiger partial charge in [0.1, 0.15) is 11.6 Å². The molecule has 3 N–H and O–H groups in total. The van der Waals surface area contributed by atoms with Gasteiger partial charge in [0.15, 0.2) is 5.78 Å². The minimum atomic E-state index is -1.03. The van der Waals surface area contributed by atoms with Crippen LogP contribution >= 0.6 is 0 Å². The molecule has 0 aromatic heterocycles. The standard InChI is InChI=1S/C28H30F2N2O3/c1-3-19-5-4-6-20(11-19)16-31-17-27(34)26(14-21-12-24(29)15-25(30)13-21)32-28(35)23-9-7-22(8-10-23)18(2)33/h4-13,15,26-27,31,34H,3,14,16-17H2,1-2H3,(H,32,35)/t26-,27-/m0/s1. The van der Waals surface area contributed by atoms with E-state index in [0.29, 0.717) is 23.2 Å². The molecular formula is C28H30F2N2O3. The van der Waals surface area contributed by atoms with Crippen molar-refractivity contribution in [2.75, 3.05) is 6.54 Å². The summed E-state index contributed by atoms with van der Waals surface area (Å²) in [6, 6.07) is 16.6. The fraction of sp³-hybridized carbons (Fsp3) is 0.286. The van der Waals surface area contributed by atoms with Crippen LogP contribution < -0.4 is 10.6 Å². The van der Waals surface area contributed by atoms with Crippen molar-refractivity contribution in [1.82, 2.24) is 10.6 Å². The Morgan fingerprint density at radius 3 is 2.14 bits per heavy atom. The van der Waals surface area contributed by atoms with Gasteiger partial charge in [-0.15, -0.1) is 0 Å². The zero-order valence-electron chi connectivity index (χ0n) is 19.9. The van der Waals surface area contributed by atoms with Gasteiger partial charge in [0.25, 0.3) is 5.91 Å². The highest BCUT2D eigenvalue weighted by Gasteiger charge is 2.23. The van der Waals surface area contributed by atoms with Gasteiger partial charge < -0.3 is 15.7 Å². The third kappa shape index (κ3) is 7.80. The highest BCUT2D eigenvalue weighted by atomic mass is 19.1. The number of carbonyl (C=O) groups excluding carboxylic acids is 2. The molecule has 0 aliphatic carbocycles. The van der Waals surface area contributed by atoms with Gasteiger partial charge in [0.05, 0.1) is 12.1 Å². The first kappa shape index (κ1) is 26.2. The number of ketones is 1. The second-order valence-corrected chi connectivity index (χ2v) is 8.57. The minimum absolute atomic E-state index is 0.0279. The number of Topliss-reactive ketones (excluding diaryl/α,β-unsaturated/α-hetero) is 1. The number of carbonyl (C=O) groups is 2. The lowest BCUT2D eigenvalue weighted by Gasteiger charge is -2.25. The Balaban J connectivity index is 1.71. The summed E-state index contributed by atoms with van der Waals surface area (Å²) in [4.78, 5) is 24.3. The molecule has 0 heterocycles. The highest BCUT2D eigenvalue weighted by molar-refractivity contribution is 5.97. The molecule has 0 aliphatic rings. The second kappa shape index (κ2) is 12.3. The summed E-state index contributed by atoms with van der Waals surface area (Å²) in [5, 5.41) is 16.9. The maximum absolute atomic E-state index is 13.7. The average Bonchev–Trinajstić information content (AvgIpc) is 2.83. The van der Waals surface area contributed by atoms with E-state index >= 15 is 0 Å². The lowest BCUT2D eigenvalue weighted by molar-refractivity contribution is 0.0829. The molecule has 0 saturated carbocycles. The molecule has 2 atom stereocenters. The number of hydrogen-bond donors (Lipinski definition) is 3. The fourth-order valence-electron chi connectivity index (χ4n) is 3.84. The van der Waals surface area contributed by atoms with Gasteiger partial charge in [-0.1, -0.05) is 43.3 Å².